The molecule has 1 fully saturated rings. The predicted octanol–water partition coefficient (Wildman–Crippen LogP) is 1.53. The number of hydrogen-bond acceptors (Lipinski definition) is 4. The lowest BCUT2D eigenvalue weighted by Crippen LogP contribution is -2.52. The summed E-state index contributed by atoms with van der Waals surface area (Å²) in [5.74, 6) is 0. The Hall–Kier alpha value is -1.69. The number of hydrogen-bond donors (Lipinski definition) is 2. The van der Waals surface area contributed by atoms with Gasteiger partial charge >= 0.3 is 0 Å². The van der Waals surface area contributed by atoms with Gasteiger partial charge < -0.3 is 15.2 Å². The highest BCUT2D eigenvalue weighted by molar-refractivity contribution is 5.34. The van der Waals surface area contributed by atoms with Gasteiger partial charge in [-0.3, -0.25) is 0 Å². The van der Waals surface area contributed by atoms with Crippen molar-refractivity contribution in [2.75, 3.05) is 26.4 Å². The molecule has 5 nitrogen and oxygen atoms in total. The summed E-state index contributed by atoms with van der Waals surface area (Å²) in [6.45, 7) is 4.35. The Bertz CT molecular complexity index is 556. The Balaban J connectivity index is 1.61. The average Bonchev–Trinajstić information content (AvgIpc) is 3.01. The minimum Gasteiger partial charge on any atom is -0.396 e. The third-order valence-corrected chi connectivity index (χ3v) is 4.10. The molecule has 21 heavy (non-hydrogen) atoms. The normalized spacial score (nSPS) is 18.2. The van der Waals surface area contributed by atoms with Crippen LogP contribution < -0.4 is 5.32 Å². The molecule has 2 aromatic rings. The van der Waals surface area contributed by atoms with Crippen molar-refractivity contribution >= 4 is 0 Å². The third-order valence-electron chi connectivity index (χ3n) is 4.10. The highest BCUT2D eigenvalue weighted by Gasteiger charge is 2.37. The Morgan fingerprint density at radius 3 is 2.67 bits per heavy atom. The van der Waals surface area contributed by atoms with E-state index >= 15 is 0 Å². The van der Waals surface area contributed by atoms with Gasteiger partial charge in [0.05, 0.1) is 30.9 Å². The van der Waals surface area contributed by atoms with E-state index in [1.165, 1.54) is 5.56 Å². The van der Waals surface area contributed by atoms with E-state index in [1.54, 1.807) is 6.20 Å². The molecule has 5 heteroatoms. The van der Waals surface area contributed by atoms with Crippen LogP contribution in [0.2, 0.25) is 0 Å². The Labute approximate surface area is 124 Å². The lowest BCUT2D eigenvalue weighted by atomic mass is 9.86. The zero-order valence-corrected chi connectivity index (χ0v) is 12.2. The maximum atomic E-state index is 9.43. The molecule has 0 radical (unpaired) electrons. The van der Waals surface area contributed by atoms with Gasteiger partial charge in [0.25, 0.3) is 0 Å². The molecule has 1 aliphatic heterocycles. The first-order chi connectivity index (χ1) is 10.2. The van der Waals surface area contributed by atoms with Crippen molar-refractivity contribution in [1.29, 1.82) is 0 Å². The molecule has 1 aromatic carbocycles. The Morgan fingerprint density at radius 2 is 2.14 bits per heavy atom. The lowest BCUT2D eigenvalue weighted by molar-refractivity contribution is -0.135. The van der Waals surface area contributed by atoms with Gasteiger partial charge in [0.2, 0.25) is 0 Å². The van der Waals surface area contributed by atoms with Crippen molar-refractivity contribution in [3.8, 4) is 5.69 Å². The van der Waals surface area contributed by atoms with Gasteiger partial charge in [-0.25, -0.2) is 4.68 Å². The van der Waals surface area contributed by atoms with Gasteiger partial charge in [-0.15, -0.1) is 0 Å². The number of nitrogens with one attached hydrogen (secondary N) is 1. The second-order valence-electron chi connectivity index (χ2n) is 5.80. The van der Waals surface area contributed by atoms with Gasteiger partial charge in [-0.05, 0) is 30.7 Å². The molecular formula is C16H21N3O2. The van der Waals surface area contributed by atoms with Crippen LogP contribution in [-0.2, 0) is 4.74 Å². The molecule has 2 N–H and O–H groups in total. The molecule has 1 unspecified atom stereocenters. The second kappa shape index (κ2) is 5.97. The van der Waals surface area contributed by atoms with Gasteiger partial charge in [-0.2, -0.15) is 5.10 Å². The monoisotopic (exact) mass is 287 g/mol. The van der Waals surface area contributed by atoms with Crippen LogP contribution in [0.1, 0.15) is 18.5 Å². The summed E-state index contributed by atoms with van der Waals surface area (Å²) >= 11 is 0. The van der Waals surface area contributed by atoms with E-state index in [2.05, 4.69) is 41.6 Å². The Kier molecular flexibility index (Phi) is 4.05. The fraction of sp³-hybridized carbons (Fsp3) is 0.438. The summed E-state index contributed by atoms with van der Waals surface area (Å²) in [6.07, 6.45) is 3.70. The molecular weight excluding hydrogens is 266 g/mol. The summed E-state index contributed by atoms with van der Waals surface area (Å²) in [7, 11) is 0. The third kappa shape index (κ3) is 3.00. The van der Waals surface area contributed by atoms with Crippen LogP contribution in [0.5, 0.6) is 0 Å². The summed E-state index contributed by atoms with van der Waals surface area (Å²) in [4.78, 5) is 0. The predicted molar refractivity (Wildman–Crippen MR) is 80.3 cm³/mol. The van der Waals surface area contributed by atoms with E-state index < -0.39 is 0 Å². The van der Waals surface area contributed by atoms with Crippen LogP contribution >= 0.6 is 0 Å². The maximum absolute atomic E-state index is 9.43. The molecule has 1 saturated heterocycles. The smallest absolute Gasteiger partial charge is 0.0645 e. The highest BCUT2D eigenvalue weighted by Crippen LogP contribution is 2.27. The number of aliphatic hydroxyl groups excluding tert-OH is 1. The fourth-order valence-corrected chi connectivity index (χ4v) is 2.46. The largest absolute Gasteiger partial charge is 0.396 e. The molecule has 0 bridgehead atoms. The summed E-state index contributed by atoms with van der Waals surface area (Å²) in [6, 6.07) is 10.5. The van der Waals surface area contributed by atoms with E-state index in [-0.39, 0.29) is 18.1 Å². The van der Waals surface area contributed by atoms with E-state index in [0.717, 1.165) is 12.2 Å². The average molecular weight is 287 g/mol. The van der Waals surface area contributed by atoms with Crippen molar-refractivity contribution in [3.63, 3.8) is 0 Å². The first-order valence-corrected chi connectivity index (χ1v) is 7.24. The summed E-state index contributed by atoms with van der Waals surface area (Å²) in [5.41, 5.74) is 2.18. The minimum absolute atomic E-state index is 0.0940. The number of rotatable bonds is 6. The van der Waals surface area contributed by atoms with Crippen LogP contribution in [0.15, 0.2) is 42.7 Å². The van der Waals surface area contributed by atoms with E-state index in [0.29, 0.717) is 13.2 Å². The first-order valence-electron chi connectivity index (χ1n) is 7.24. The Morgan fingerprint density at radius 1 is 1.38 bits per heavy atom. The fourth-order valence-electron chi connectivity index (χ4n) is 2.46. The number of aromatic nitrogens is 2. The van der Waals surface area contributed by atoms with Crippen molar-refractivity contribution in [3.05, 3.63) is 48.3 Å². The molecule has 1 aromatic heterocycles. The number of nitrogens with zero attached hydrogens (tertiary/aromatic N) is 2. The highest BCUT2D eigenvalue weighted by atomic mass is 16.5. The van der Waals surface area contributed by atoms with E-state index in [1.807, 2.05) is 16.9 Å². The molecule has 0 amide bonds. The molecule has 0 spiro atoms. The molecule has 0 aliphatic carbocycles. The number of aliphatic hydroxyl groups is 1. The van der Waals surface area contributed by atoms with Crippen LogP contribution in [0.4, 0.5) is 0 Å². The lowest BCUT2D eigenvalue weighted by Gasteiger charge is -2.40. The topological polar surface area (TPSA) is 59.3 Å². The van der Waals surface area contributed by atoms with Gasteiger partial charge in [0.15, 0.2) is 0 Å². The van der Waals surface area contributed by atoms with E-state index in [4.69, 9.17) is 4.74 Å². The van der Waals surface area contributed by atoms with Gasteiger partial charge in [0, 0.05) is 25.0 Å². The number of ether oxygens (including phenoxy) is 1. The maximum Gasteiger partial charge on any atom is 0.0645 e. The summed E-state index contributed by atoms with van der Waals surface area (Å²) in [5, 5.41) is 17.1. The summed E-state index contributed by atoms with van der Waals surface area (Å²) < 4.78 is 7.06. The minimum atomic E-state index is -0.0940. The number of benzene rings is 1. The second-order valence-corrected chi connectivity index (χ2v) is 5.80. The van der Waals surface area contributed by atoms with Crippen LogP contribution in [0.25, 0.3) is 5.69 Å². The molecule has 1 aliphatic rings. The molecule has 3 rings (SSSR count). The first kappa shape index (κ1) is 14.3. The van der Waals surface area contributed by atoms with Crippen LogP contribution in [0.3, 0.4) is 0 Å². The van der Waals surface area contributed by atoms with Gasteiger partial charge in [0.1, 0.15) is 0 Å². The quantitative estimate of drug-likeness (QED) is 0.846. The molecule has 0 saturated carbocycles. The molecule has 112 valence electrons. The zero-order chi connectivity index (χ0) is 14.7. The molecule has 1 atom stereocenters. The van der Waals surface area contributed by atoms with E-state index in [9.17, 15) is 5.11 Å². The SMILES string of the molecule is CC(NCC1(CO)COC1)c1ccc(-n2cccn2)cc1. The zero-order valence-electron chi connectivity index (χ0n) is 12.2. The molecule has 2 heterocycles. The van der Waals surface area contributed by atoms with Crippen LogP contribution in [-0.4, -0.2) is 41.3 Å². The van der Waals surface area contributed by atoms with Gasteiger partial charge in [-0.1, -0.05) is 12.1 Å². The van der Waals surface area contributed by atoms with Crippen molar-refractivity contribution < 1.29 is 9.84 Å². The van der Waals surface area contributed by atoms with Crippen molar-refractivity contribution in [2.45, 2.75) is 13.0 Å². The van der Waals surface area contributed by atoms with Crippen LogP contribution in [0, 0.1) is 5.41 Å². The van der Waals surface area contributed by atoms with Crippen molar-refractivity contribution in [2.24, 2.45) is 5.41 Å². The standard InChI is InChI=1S/C16H21N3O2/c1-13(17-9-16(10-20)11-21-12-16)14-3-5-15(6-4-14)19-8-2-7-18-19/h2-8,13,17,20H,9-12H2,1H3. The van der Waals surface area contributed by atoms with Crippen molar-refractivity contribution in [1.82, 2.24) is 15.1 Å².